The molecule has 1 N–H and O–H groups in total. The Morgan fingerprint density at radius 1 is 1.00 bits per heavy atom. The van der Waals surface area contributed by atoms with Gasteiger partial charge in [-0.25, -0.2) is 4.99 Å². The SMILES string of the molecule is CN1/C(=C2/SC(=Nc3cc(C#N)ccc3NC(C)(C)C)N(Cc3ccccc3)C2=O)Sc2ccccc21. The van der Waals surface area contributed by atoms with Crippen LogP contribution in [0.3, 0.4) is 0 Å². The number of para-hydroxylation sites is 1. The number of amides is 1. The molecule has 37 heavy (non-hydrogen) atoms. The van der Waals surface area contributed by atoms with Crippen LogP contribution in [0.1, 0.15) is 31.9 Å². The quantitative estimate of drug-likeness (QED) is 0.372. The molecule has 1 amide bonds. The van der Waals surface area contributed by atoms with Gasteiger partial charge in [0.15, 0.2) is 5.17 Å². The van der Waals surface area contributed by atoms with E-state index in [2.05, 4.69) is 49.2 Å². The van der Waals surface area contributed by atoms with Crippen molar-refractivity contribution in [3.8, 4) is 6.07 Å². The number of carbonyl (C=O) groups is 1. The molecule has 2 aliphatic heterocycles. The maximum Gasteiger partial charge on any atom is 0.269 e. The number of nitrogens with zero attached hydrogens (tertiary/aromatic N) is 4. The van der Waals surface area contributed by atoms with Crippen LogP contribution < -0.4 is 10.2 Å². The molecule has 0 saturated carbocycles. The van der Waals surface area contributed by atoms with Gasteiger partial charge >= 0.3 is 0 Å². The van der Waals surface area contributed by atoms with E-state index in [-0.39, 0.29) is 11.4 Å². The number of carbonyl (C=O) groups excluding carboxylic acids is 1. The minimum absolute atomic E-state index is 0.0727. The Labute approximate surface area is 226 Å². The number of amidine groups is 1. The lowest BCUT2D eigenvalue weighted by molar-refractivity contribution is -0.122. The topological polar surface area (TPSA) is 71.7 Å². The first-order valence-corrected chi connectivity index (χ1v) is 13.6. The molecule has 186 valence electrons. The molecule has 5 rings (SSSR count). The van der Waals surface area contributed by atoms with E-state index >= 15 is 0 Å². The Balaban J connectivity index is 1.60. The summed E-state index contributed by atoms with van der Waals surface area (Å²) in [5.74, 6) is -0.0727. The monoisotopic (exact) mass is 525 g/mol. The van der Waals surface area contributed by atoms with Crippen molar-refractivity contribution in [2.45, 2.75) is 37.8 Å². The molecule has 0 aliphatic carbocycles. The molecule has 3 aromatic carbocycles. The third kappa shape index (κ3) is 5.24. The number of anilines is 2. The maximum atomic E-state index is 13.9. The van der Waals surface area contributed by atoms with E-state index in [0.29, 0.717) is 27.9 Å². The van der Waals surface area contributed by atoms with Crippen LogP contribution in [0.15, 0.2) is 92.6 Å². The van der Waals surface area contributed by atoms with Gasteiger partial charge in [0.2, 0.25) is 0 Å². The van der Waals surface area contributed by atoms with Crippen LogP contribution in [0.2, 0.25) is 0 Å². The lowest BCUT2D eigenvalue weighted by atomic mass is 10.1. The van der Waals surface area contributed by atoms with Crippen molar-refractivity contribution in [2.24, 2.45) is 4.99 Å². The van der Waals surface area contributed by atoms with Crippen LogP contribution >= 0.6 is 23.5 Å². The average Bonchev–Trinajstić information content (AvgIpc) is 3.36. The lowest BCUT2D eigenvalue weighted by Crippen LogP contribution is -2.29. The van der Waals surface area contributed by atoms with E-state index in [9.17, 15) is 10.1 Å². The molecule has 6 nitrogen and oxygen atoms in total. The Hall–Kier alpha value is -3.67. The molecule has 0 aromatic heterocycles. The van der Waals surface area contributed by atoms with Gasteiger partial charge in [-0.3, -0.25) is 9.69 Å². The summed E-state index contributed by atoms with van der Waals surface area (Å²) < 4.78 is 0. The van der Waals surface area contributed by atoms with Crippen LogP contribution in [0.5, 0.6) is 0 Å². The summed E-state index contributed by atoms with van der Waals surface area (Å²) in [6.45, 7) is 6.63. The molecular formula is C29H27N5OS2. The number of benzene rings is 3. The van der Waals surface area contributed by atoms with E-state index in [1.807, 2.05) is 55.6 Å². The second kappa shape index (κ2) is 10.0. The van der Waals surface area contributed by atoms with Crippen molar-refractivity contribution in [1.82, 2.24) is 4.90 Å². The first-order chi connectivity index (χ1) is 17.7. The Kier molecular flexibility index (Phi) is 6.76. The van der Waals surface area contributed by atoms with Gasteiger partial charge in [-0.2, -0.15) is 5.26 Å². The molecule has 0 bridgehead atoms. The number of hydrogen-bond donors (Lipinski definition) is 1. The lowest BCUT2D eigenvalue weighted by Gasteiger charge is -2.23. The van der Waals surface area contributed by atoms with Crippen molar-refractivity contribution in [1.29, 1.82) is 5.26 Å². The summed E-state index contributed by atoms with van der Waals surface area (Å²) in [6, 6.07) is 25.7. The van der Waals surface area contributed by atoms with Crippen molar-refractivity contribution in [3.63, 3.8) is 0 Å². The molecule has 0 radical (unpaired) electrons. The normalized spacial score (nSPS) is 18.4. The average molecular weight is 526 g/mol. The largest absolute Gasteiger partial charge is 0.379 e. The second-order valence-corrected chi connectivity index (χ2v) is 11.9. The van der Waals surface area contributed by atoms with Gasteiger partial charge in [0.25, 0.3) is 5.91 Å². The summed E-state index contributed by atoms with van der Waals surface area (Å²) >= 11 is 2.99. The van der Waals surface area contributed by atoms with E-state index in [0.717, 1.165) is 26.9 Å². The molecular weight excluding hydrogens is 498 g/mol. The minimum atomic E-state index is -0.201. The first-order valence-electron chi connectivity index (χ1n) is 11.9. The zero-order valence-corrected chi connectivity index (χ0v) is 22.8. The zero-order chi connectivity index (χ0) is 26.2. The van der Waals surface area contributed by atoms with Crippen molar-refractivity contribution in [3.05, 3.63) is 93.9 Å². The number of rotatable bonds is 4. The van der Waals surface area contributed by atoms with Crippen LogP contribution in [-0.2, 0) is 11.3 Å². The fourth-order valence-corrected chi connectivity index (χ4v) is 6.47. The van der Waals surface area contributed by atoms with Gasteiger partial charge in [0, 0.05) is 17.5 Å². The zero-order valence-electron chi connectivity index (χ0n) is 21.1. The van der Waals surface area contributed by atoms with Gasteiger partial charge in [-0.1, -0.05) is 54.2 Å². The Morgan fingerprint density at radius 2 is 1.73 bits per heavy atom. The van der Waals surface area contributed by atoms with Gasteiger partial charge < -0.3 is 10.2 Å². The summed E-state index contributed by atoms with van der Waals surface area (Å²) in [7, 11) is 1.99. The molecule has 2 heterocycles. The fraction of sp³-hybridized carbons (Fsp3) is 0.207. The second-order valence-electron chi connectivity index (χ2n) is 9.86. The maximum absolute atomic E-state index is 13.9. The Morgan fingerprint density at radius 3 is 2.43 bits per heavy atom. The highest BCUT2D eigenvalue weighted by Gasteiger charge is 2.39. The number of aliphatic imine (C=N–C) groups is 1. The summed E-state index contributed by atoms with van der Waals surface area (Å²) in [4.78, 5) is 24.5. The molecule has 1 saturated heterocycles. The third-order valence-electron chi connectivity index (χ3n) is 5.83. The van der Waals surface area contributed by atoms with E-state index in [4.69, 9.17) is 4.99 Å². The van der Waals surface area contributed by atoms with Crippen LogP contribution in [0.25, 0.3) is 0 Å². The highest BCUT2D eigenvalue weighted by molar-refractivity contribution is 8.19. The van der Waals surface area contributed by atoms with Gasteiger partial charge in [0.05, 0.1) is 40.3 Å². The van der Waals surface area contributed by atoms with Gasteiger partial charge in [-0.05, 0) is 68.4 Å². The smallest absolute Gasteiger partial charge is 0.269 e. The molecule has 2 aliphatic rings. The third-order valence-corrected chi connectivity index (χ3v) is 8.26. The predicted molar refractivity (Wildman–Crippen MR) is 154 cm³/mol. The summed E-state index contributed by atoms with van der Waals surface area (Å²) in [6.07, 6.45) is 0. The van der Waals surface area contributed by atoms with Crippen molar-refractivity contribution in [2.75, 3.05) is 17.3 Å². The van der Waals surface area contributed by atoms with Crippen LogP contribution in [0.4, 0.5) is 17.1 Å². The molecule has 0 atom stereocenters. The van der Waals surface area contributed by atoms with E-state index in [1.165, 1.54) is 11.8 Å². The Bertz CT molecular complexity index is 1470. The van der Waals surface area contributed by atoms with Crippen molar-refractivity contribution < 1.29 is 4.79 Å². The van der Waals surface area contributed by atoms with E-state index in [1.54, 1.807) is 28.8 Å². The number of hydrogen-bond acceptors (Lipinski definition) is 7. The van der Waals surface area contributed by atoms with Gasteiger partial charge in [-0.15, -0.1) is 0 Å². The number of nitriles is 1. The number of fused-ring (bicyclic) bond motifs is 1. The fourth-order valence-electron chi connectivity index (χ4n) is 4.13. The molecule has 3 aromatic rings. The molecule has 0 unspecified atom stereocenters. The predicted octanol–water partition coefficient (Wildman–Crippen LogP) is 6.94. The first kappa shape index (κ1) is 25.0. The van der Waals surface area contributed by atoms with Crippen LogP contribution in [0, 0.1) is 11.3 Å². The number of nitrogens with one attached hydrogen (secondary N) is 1. The van der Waals surface area contributed by atoms with Crippen molar-refractivity contribution >= 4 is 51.7 Å². The highest BCUT2D eigenvalue weighted by atomic mass is 32.2. The van der Waals surface area contributed by atoms with Crippen LogP contribution in [-0.4, -0.2) is 28.6 Å². The summed E-state index contributed by atoms with van der Waals surface area (Å²) in [5.41, 5.74) is 3.86. The highest BCUT2D eigenvalue weighted by Crippen LogP contribution is 2.50. The number of thioether (sulfide) groups is 2. The van der Waals surface area contributed by atoms with Gasteiger partial charge in [0.1, 0.15) is 4.91 Å². The molecule has 0 spiro atoms. The molecule has 8 heteroatoms. The minimum Gasteiger partial charge on any atom is -0.379 e. The molecule has 1 fully saturated rings. The standard InChI is InChI=1S/C29H27N5OS2/c1-29(2,3)32-21-15-14-20(17-30)16-22(21)31-28-34(18-19-10-6-5-7-11-19)26(35)25(37-28)27-33(4)23-12-8-9-13-24(23)36-27/h5-16,32H,18H2,1-4H3/b27-25-,31-28?. The van der Waals surface area contributed by atoms with E-state index < -0.39 is 0 Å². The summed E-state index contributed by atoms with van der Waals surface area (Å²) in [5, 5.41) is 14.5.